The predicted molar refractivity (Wildman–Crippen MR) is 84.7 cm³/mol. The van der Waals surface area contributed by atoms with Gasteiger partial charge in [0, 0.05) is 16.2 Å². The van der Waals surface area contributed by atoms with Crippen LogP contribution in [0, 0.1) is 5.92 Å². The van der Waals surface area contributed by atoms with E-state index in [1.54, 1.807) is 0 Å². The van der Waals surface area contributed by atoms with Crippen molar-refractivity contribution in [3.8, 4) is 0 Å². The van der Waals surface area contributed by atoms with Crippen molar-refractivity contribution in [2.75, 3.05) is 5.32 Å². The van der Waals surface area contributed by atoms with Gasteiger partial charge < -0.3 is 10.6 Å². The highest BCUT2D eigenvalue weighted by atomic mass is 35.5. The number of benzene rings is 1. The van der Waals surface area contributed by atoms with Crippen LogP contribution in [0.3, 0.4) is 0 Å². The molecule has 1 aromatic carbocycles. The summed E-state index contributed by atoms with van der Waals surface area (Å²) in [6.45, 7) is 0. The number of anilines is 1. The van der Waals surface area contributed by atoms with Gasteiger partial charge in [-0.2, -0.15) is 0 Å². The monoisotopic (exact) mass is 294 g/mol. The van der Waals surface area contributed by atoms with Crippen molar-refractivity contribution in [1.82, 2.24) is 5.32 Å². The van der Waals surface area contributed by atoms with Gasteiger partial charge in [-0.15, -0.1) is 0 Å². The van der Waals surface area contributed by atoms with Crippen LogP contribution in [0.15, 0.2) is 24.3 Å². The van der Waals surface area contributed by atoms with E-state index >= 15 is 0 Å². The van der Waals surface area contributed by atoms with Crippen LogP contribution in [0.4, 0.5) is 5.69 Å². The highest BCUT2D eigenvalue weighted by Gasteiger charge is 2.47. The molecular weight excluding hydrogens is 276 g/mol. The summed E-state index contributed by atoms with van der Waals surface area (Å²) in [5, 5.41) is 8.36. The Hall–Kier alpha value is -0.800. The first kappa shape index (κ1) is 13.2. The Bertz CT molecular complexity index is 462. The highest BCUT2D eigenvalue weighted by Crippen LogP contribution is 2.48. The molecule has 0 aromatic heterocycles. The third kappa shape index (κ3) is 3.03. The van der Waals surface area contributed by atoms with E-state index in [0.717, 1.165) is 21.7 Å². The maximum absolute atomic E-state index is 5.88. The van der Waals surface area contributed by atoms with Crippen LogP contribution in [0.5, 0.6) is 0 Å². The second kappa shape index (κ2) is 5.29. The normalized spacial score (nSPS) is 21.1. The van der Waals surface area contributed by atoms with Crippen LogP contribution in [0.2, 0.25) is 5.02 Å². The Balaban J connectivity index is 1.62. The summed E-state index contributed by atoms with van der Waals surface area (Å²) in [6.07, 6.45) is 7.90. The molecule has 0 saturated heterocycles. The van der Waals surface area contributed by atoms with Gasteiger partial charge in [0.05, 0.1) is 0 Å². The molecule has 2 N–H and O–H groups in total. The first-order valence-corrected chi connectivity index (χ1v) is 7.81. The number of rotatable bonds is 3. The lowest BCUT2D eigenvalue weighted by molar-refractivity contribution is 0.340. The molecule has 4 heteroatoms. The maximum Gasteiger partial charge on any atom is 0.171 e. The Kier molecular flexibility index (Phi) is 3.68. The van der Waals surface area contributed by atoms with E-state index in [4.69, 9.17) is 23.8 Å². The molecule has 0 radical (unpaired) electrons. The predicted octanol–water partition coefficient (Wildman–Crippen LogP) is 4.35. The van der Waals surface area contributed by atoms with Crippen molar-refractivity contribution in [3.05, 3.63) is 29.3 Å². The Labute approximate surface area is 124 Å². The number of nitrogens with one attached hydrogen (secondary N) is 2. The molecule has 0 amide bonds. The summed E-state index contributed by atoms with van der Waals surface area (Å²) in [7, 11) is 0. The Morgan fingerprint density at radius 2 is 1.79 bits per heavy atom. The van der Waals surface area contributed by atoms with E-state index in [9.17, 15) is 0 Å². The third-order valence-electron chi connectivity index (χ3n) is 4.32. The quantitative estimate of drug-likeness (QED) is 0.811. The lowest BCUT2D eigenvalue weighted by Gasteiger charge is -2.32. The van der Waals surface area contributed by atoms with Crippen molar-refractivity contribution >= 4 is 34.6 Å². The fourth-order valence-electron chi connectivity index (χ4n) is 3.20. The van der Waals surface area contributed by atoms with E-state index < -0.39 is 0 Å². The number of hydrogen-bond acceptors (Lipinski definition) is 1. The molecule has 0 bridgehead atoms. The van der Waals surface area contributed by atoms with Crippen molar-refractivity contribution in [3.63, 3.8) is 0 Å². The molecule has 3 rings (SSSR count). The zero-order chi connectivity index (χ0) is 13.3. The molecule has 102 valence electrons. The second-order valence-corrected chi connectivity index (χ2v) is 6.57. The van der Waals surface area contributed by atoms with Gasteiger partial charge in [-0.1, -0.05) is 24.4 Å². The molecule has 0 aliphatic heterocycles. The Morgan fingerprint density at radius 3 is 2.37 bits per heavy atom. The Morgan fingerprint density at radius 1 is 1.16 bits per heavy atom. The van der Waals surface area contributed by atoms with Crippen LogP contribution in [0.25, 0.3) is 0 Å². The molecule has 2 fully saturated rings. The summed E-state index contributed by atoms with van der Waals surface area (Å²) in [4.78, 5) is 0. The van der Waals surface area contributed by atoms with Gasteiger partial charge in [0.2, 0.25) is 0 Å². The average Bonchev–Trinajstić information content (AvgIpc) is 3.15. The van der Waals surface area contributed by atoms with Crippen molar-refractivity contribution in [2.24, 2.45) is 5.92 Å². The van der Waals surface area contributed by atoms with Gasteiger partial charge in [-0.05, 0) is 68.1 Å². The van der Waals surface area contributed by atoms with Crippen LogP contribution in [-0.2, 0) is 0 Å². The SMILES string of the molecule is S=C(Nc1ccc(Cl)cc1)NC1(C2CC2)CCCC1. The van der Waals surface area contributed by atoms with Crippen LogP contribution in [0.1, 0.15) is 38.5 Å². The lowest BCUT2D eigenvalue weighted by atomic mass is 9.91. The molecule has 2 aliphatic carbocycles. The van der Waals surface area contributed by atoms with E-state index in [1.807, 2.05) is 24.3 Å². The summed E-state index contributed by atoms with van der Waals surface area (Å²) in [5.74, 6) is 0.833. The van der Waals surface area contributed by atoms with Crippen LogP contribution < -0.4 is 10.6 Å². The van der Waals surface area contributed by atoms with Crippen molar-refractivity contribution in [1.29, 1.82) is 0 Å². The molecule has 19 heavy (non-hydrogen) atoms. The number of thiocarbonyl (C=S) groups is 1. The summed E-state index contributed by atoms with van der Waals surface area (Å²) >= 11 is 11.4. The van der Waals surface area contributed by atoms with E-state index in [2.05, 4.69) is 10.6 Å². The van der Waals surface area contributed by atoms with Crippen LogP contribution in [-0.4, -0.2) is 10.7 Å². The fraction of sp³-hybridized carbons (Fsp3) is 0.533. The van der Waals surface area contributed by atoms with Gasteiger partial charge in [0.1, 0.15) is 0 Å². The molecule has 2 nitrogen and oxygen atoms in total. The highest BCUT2D eigenvalue weighted by molar-refractivity contribution is 7.80. The standard InChI is InChI=1S/C15H19ClN2S/c16-12-5-7-13(8-6-12)17-14(19)18-15(11-3-4-11)9-1-2-10-15/h5-8,11H,1-4,9-10H2,(H2,17,18,19). The zero-order valence-electron chi connectivity index (χ0n) is 10.9. The molecule has 2 saturated carbocycles. The molecule has 0 heterocycles. The van der Waals surface area contributed by atoms with Crippen molar-refractivity contribution in [2.45, 2.75) is 44.1 Å². The molecule has 0 unspecified atom stereocenters. The average molecular weight is 295 g/mol. The van der Waals surface area contributed by atoms with E-state index in [1.165, 1.54) is 38.5 Å². The number of hydrogen-bond donors (Lipinski definition) is 2. The van der Waals surface area contributed by atoms with E-state index in [0.29, 0.717) is 0 Å². The van der Waals surface area contributed by atoms with Crippen LogP contribution >= 0.6 is 23.8 Å². The van der Waals surface area contributed by atoms with Gasteiger partial charge >= 0.3 is 0 Å². The molecule has 0 spiro atoms. The van der Waals surface area contributed by atoms with Gasteiger partial charge in [0.15, 0.2) is 5.11 Å². The lowest BCUT2D eigenvalue weighted by Crippen LogP contribution is -2.49. The van der Waals surface area contributed by atoms with Crippen molar-refractivity contribution < 1.29 is 0 Å². The topological polar surface area (TPSA) is 24.1 Å². The fourth-order valence-corrected chi connectivity index (χ4v) is 3.65. The number of halogens is 1. The minimum atomic E-state index is 0.274. The summed E-state index contributed by atoms with van der Waals surface area (Å²) < 4.78 is 0. The second-order valence-electron chi connectivity index (χ2n) is 5.72. The van der Waals surface area contributed by atoms with Gasteiger partial charge in [0.25, 0.3) is 0 Å². The summed E-state index contributed by atoms with van der Waals surface area (Å²) in [6, 6.07) is 7.65. The molecule has 2 aliphatic rings. The maximum atomic E-state index is 5.88. The molecule has 1 aromatic rings. The smallest absolute Gasteiger partial charge is 0.171 e. The minimum Gasteiger partial charge on any atom is -0.357 e. The first-order valence-electron chi connectivity index (χ1n) is 7.03. The largest absolute Gasteiger partial charge is 0.357 e. The zero-order valence-corrected chi connectivity index (χ0v) is 12.5. The first-order chi connectivity index (χ1) is 9.18. The van der Waals surface area contributed by atoms with E-state index in [-0.39, 0.29) is 5.54 Å². The third-order valence-corrected chi connectivity index (χ3v) is 4.78. The van der Waals surface area contributed by atoms with Gasteiger partial charge in [-0.25, -0.2) is 0 Å². The molecule has 0 atom stereocenters. The summed E-state index contributed by atoms with van der Waals surface area (Å²) in [5.41, 5.74) is 1.27. The molecular formula is C15H19ClN2S. The minimum absolute atomic E-state index is 0.274. The van der Waals surface area contributed by atoms with Gasteiger partial charge in [-0.3, -0.25) is 0 Å².